The zero-order valence-electron chi connectivity index (χ0n) is 19.4. The molecule has 186 valence electrons. The second kappa shape index (κ2) is 9.29. The Hall–Kier alpha value is -3.07. The molecule has 0 N–H and O–H groups in total. The molecule has 0 unspecified atom stereocenters. The Labute approximate surface area is 196 Å². The van der Waals surface area contributed by atoms with Crippen LogP contribution in [0.25, 0.3) is 0 Å². The predicted molar refractivity (Wildman–Crippen MR) is 112 cm³/mol. The highest BCUT2D eigenvalue weighted by molar-refractivity contribution is 6.01. The summed E-state index contributed by atoms with van der Waals surface area (Å²) in [5, 5.41) is 10.0. The van der Waals surface area contributed by atoms with Crippen molar-refractivity contribution in [2.24, 2.45) is 0 Å². The number of hydroxylamine groups is 2. The molecule has 3 rings (SSSR count). The van der Waals surface area contributed by atoms with E-state index in [1.807, 2.05) is 6.07 Å². The second-order valence-electron chi connectivity index (χ2n) is 9.62. The summed E-state index contributed by atoms with van der Waals surface area (Å²) in [6, 6.07) is 1.88. The van der Waals surface area contributed by atoms with Gasteiger partial charge >= 0.3 is 6.16 Å². The van der Waals surface area contributed by atoms with Crippen molar-refractivity contribution < 1.29 is 37.5 Å². The highest BCUT2D eigenvalue weighted by atomic mass is 19.3. The summed E-state index contributed by atoms with van der Waals surface area (Å²) < 4.78 is 32.4. The first-order valence-electron chi connectivity index (χ1n) is 11.1. The van der Waals surface area contributed by atoms with E-state index in [1.165, 1.54) is 15.9 Å². The van der Waals surface area contributed by atoms with Gasteiger partial charge in [0.1, 0.15) is 18.2 Å². The van der Waals surface area contributed by atoms with Crippen LogP contribution in [0.1, 0.15) is 52.9 Å². The van der Waals surface area contributed by atoms with Crippen LogP contribution in [0.2, 0.25) is 0 Å². The van der Waals surface area contributed by atoms with Gasteiger partial charge in [0, 0.05) is 37.9 Å². The average molecular weight is 482 g/mol. The Balaban J connectivity index is 1.67. The van der Waals surface area contributed by atoms with E-state index in [4.69, 9.17) is 4.74 Å². The molecular formula is C22H28F2N4O6. The van der Waals surface area contributed by atoms with Crippen LogP contribution in [0.5, 0.6) is 0 Å². The number of alkyl halides is 2. The van der Waals surface area contributed by atoms with E-state index in [0.29, 0.717) is 24.4 Å². The number of likely N-dealkylation sites (tertiary alicyclic amines) is 2. The van der Waals surface area contributed by atoms with E-state index in [-0.39, 0.29) is 38.0 Å². The van der Waals surface area contributed by atoms with E-state index in [0.717, 1.165) is 0 Å². The maximum absolute atomic E-state index is 13.7. The molecule has 3 fully saturated rings. The van der Waals surface area contributed by atoms with Gasteiger partial charge in [0.05, 0.1) is 12.1 Å². The first kappa shape index (κ1) is 25.6. The van der Waals surface area contributed by atoms with Crippen LogP contribution in [-0.2, 0) is 24.0 Å². The van der Waals surface area contributed by atoms with Gasteiger partial charge in [-0.25, -0.2) is 13.6 Å². The van der Waals surface area contributed by atoms with Crippen molar-refractivity contribution >= 4 is 23.9 Å². The molecule has 3 aliphatic rings. The monoisotopic (exact) mass is 482 g/mol. The summed E-state index contributed by atoms with van der Waals surface area (Å²) >= 11 is 0. The molecule has 0 aromatic carbocycles. The van der Waals surface area contributed by atoms with Crippen molar-refractivity contribution in [2.75, 3.05) is 26.2 Å². The van der Waals surface area contributed by atoms with Crippen molar-refractivity contribution in [2.45, 2.75) is 69.9 Å². The Morgan fingerprint density at radius 3 is 2.38 bits per heavy atom. The molecule has 0 aromatic rings. The molecule has 0 aromatic heterocycles. The molecule has 10 nitrogen and oxygen atoms in total. The zero-order chi connectivity index (χ0) is 25.3. The Morgan fingerprint density at radius 2 is 1.82 bits per heavy atom. The smallest absolute Gasteiger partial charge is 0.430 e. The minimum atomic E-state index is -2.81. The minimum Gasteiger partial charge on any atom is -0.430 e. The number of imide groups is 1. The largest absolute Gasteiger partial charge is 0.534 e. The van der Waals surface area contributed by atoms with Crippen LogP contribution in [0.15, 0.2) is 11.6 Å². The summed E-state index contributed by atoms with van der Waals surface area (Å²) in [6.45, 7) is 4.72. The number of carbonyl (C=O) groups is 4. The standard InChI is InChI=1S/C22H28F2N4O6/c1-20(2,26-10-8-22(23,24)13-26)11-15(12-25)18(31)27-9-4-7-21(27,3)14-33-19(32)34-28-16(29)5-6-17(28)30/h11H,4-10,13-14H2,1-3H3/t21-/m1/s1. The van der Waals surface area contributed by atoms with Crippen LogP contribution < -0.4 is 0 Å². The molecule has 12 heteroatoms. The quantitative estimate of drug-likeness (QED) is 0.244. The molecule has 3 amide bonds. The fourth-order valence-corrected chi connectivity index (χ4v) is 4.45. The average Bonchev–Trinajstić information content (AvgIpc) is 3.43. The number of ether oxygens (including phenoxy) is 1. The van der Waals surface area contributed by atoms with Crippen molar-refractivity contribution in [3.63, 3.8) is 0 Å². The molecule has 0 spiro atoms. The Kier molecular flexibility index (Phi) is 6.98. The van der Waals surface area contributed by atoms with Crippen LogP contribution in [0.3, 0.4) is 0 Å². The minimum absolute atomic E-state index is 0.0548. The summed E-state index contributed by atoms with van der Waals surface area (Å²) in [5.41, 5.74) is -2.11. The number of hydrogen-bond donors (Lipinski definition) is 0. The number of rotatable bonds is 6. The lowest BCUT2D eigenvalue weighted by molar-refractivity contribution is -0.177. The fourth-order valence-electron chi connectivity index (χ4n) is 4.45. The number of nitrogens with zero attached hydrogens (tertiary/aromatic N) is 4. The van der Waals surface area contributed by atoms with E-state index in [2.05, 4.69) is 4.84 Å². The molecule has 1 atom stereocenters. The third kappa shape index (κ3) is 5.35. The highest BCUT2D eigenvalue weighted by Crippen LogP contribution is 2.34. The van der Waals surface area contributed by atoms with Crippen LogP contribution in [0.4, 0.5) is 13.6 Å². The maximum Gasteiger partial charge on any atom is 0.534 e. The lowest BCUT2D eigenvalue weighted by Crippen LogP contribution is -2.50. The van der Waals surface area contributed by atoms with E-state index >= 15 is 0 Å². The second-order valence-corrected chi connectivity index (χ2v) is 9.62. The summed E-state index contributed by atoms with van der Waals surface area (Å²) in [7, 11) is 0. The Bertz CT molecular complexity index is 944. The lowest BCUT2D eigenvalue weighted by Gasteiger charge is -2.36. The van der Waals surface area contributed by atoms with Gasteiger partial charge in [0.2, 0.25) is 0 Å². The Morgan fingerprint density at radius 1 is 1.18 bits per heavy atom. The van der Waals surface area contributed by atoms with E-state index < -0.39 is 47.4 Å². The summed E-state index contributed by atoms with van der Waals surface area (Å²) in [6.07, 6.45) is 0.803. The number of carbonyl (C=O) groups excluding carboxylic acids is 4. The normalized spacial score (nSPS) is 25.6. The molecular weight excluding hydrogens is 454 g/mol. The van der Waals surface area contributed by atoms with Crippen molar-refractivity contribution in [3.8, 4) is 6.07 Å². The molecule has 0 radical (unpaired) electrons. The molecule has 0 saturated carbocycles. The van der Waals surface area contributed by atoms with Gasteiger partial charge < -0.3 is 9.64 Å². The molecule has 0 bridgehead atoms. The van der Waals surface area contributed by atoms with Crippen molar-refractivity contribution in [1.29, 1.82) is 5.26 Å². The first-order valence-corrected chi connectivity index (χ1v) is 11.1. The maximum atomic E-state index is 13.7. The predicted octanol–water partition coefficient (Wildman–Crippen LogP) is 2.15. The van der Waals surface area contributed by atoms with E-state index in [9.17, 15) is 33.2 Å². The third-order valence-corrected chi connectivity index (χ3v) is 6.50. The van der Waals surface area contributed by atoms with Crippen LogP contribution in [-0.4, -0.2) is 82.0 Å². The van der Waals surface area contributed by atoms with Crippen molar-refractivity contribution in [1.82, 2.24) is 14.9 Å². The van der Waals surface area contributed by atoms with Crippen LogP contribution in [0, 0.1) is 11.3 Å². The van der Waals surface area contributed by atoms with Gasteiger partial charge in [-0.05, 0) is 39.7 Å². The van der Waals surface area contributed by atoms with Gasteiger partial charge in [-0.1, -0.05) is 5.06 Å². The number of amides is 3. The number of hydrogen-bond acceptors (Lipinski definition) is 8. The topological polar surface area (TPSA) is 120 Å². The van der Waals surface area contributed by atoms with Gasteiger partial charge in [-0.2, -0.15) is 5.26 Å². The molecule has 34 heavy (non-hydrogen) atoms. The van der Waals surface area contributed by atoms with Gasteiger partial charge in [0.15, 0.2) is 0 Å². The summed E-state index contributed by atoms with van der Waals surface area (Å²) in [4.78, 5) is 56.0. The third-order valence-electron chi connectivity index (χ3n) is 6.50. The fraction of sp³-hybridized carbons (Fsp3) is 0.682. The lowest BCUT2D eigenvalue weighted by atomic mass is 9.96. The highest BCUT2D eigenvalue weighted by Gasteiger charge is 2.45. The zero-order valence-corrected chi connectivity index (χ0v) is 19.4. The molecule has 0 aliphatic carbocycles. The van der Waals surface area contributed by atoms with Crippen molar-refractivity contribution in [3.05, 3.63) is 11.6 Å². The SMILES string of the molecule is CC(C)(C=C(C#N)C(=O)N1CCC[C@]1(C)COC(=O)ON1C(=O)CCC1=O)N1CCC(F)(F)C1. The van der Waals surface area contributed by atoms with Gasteiger partial charge in [0.25, 0.3) is 23.6 Å². The summed E-state index contributed by atoms with van der Waals surface area (Å²) in [5.74, 6) is -4.70. The van der Waals surface area contributed by atoms with Gasteiger partial charge in [-0.3, -0.25) is 24.1 Å². The molecule has 3 heterocycles. The first-order chi connectivity index (χ1) is 15.8. The number of nitriles is 1. The number of halogens is 2. The van der Waals surface area contributed by atoms with Crippen LogP contribution >= 0.6 is 0 Å². The van der Waals surface area contributed by atoms with E-state index in [1.54, 1.807) is 20.8 Å². The molecule has 3 saturated heterocycles. The molecule has 3 aliphatic heterocycles. The van der Waals surface area contributed by atoms with Gasteiger partial charge in [-0.15, -0.1) is 0 Å².